The number of rotatable bonds is 4. The van der Waals surface area contributed by atoms with E-state index in [1.54, 1.807) is 11.0 Å². The summed E-state index contributed by atoms with van der Waals surface area (Å²) in [5, 5.41) is 2.66. The zero-order valence-electron chi connectivity index (χ0n) is 17.5. The fourth-order valence-corrected chi connectivity index (χ4v) is 3.37. The van der Waals surface area contributed by atoms with Crippen molar-refractivity contribution < 1.29 is 27.1 Å². The molecule has 3 rings (SSSR count). The average Bonchev–Trinajstić information content (AvgIpc) is 2.77. The predicted molar refractivity (Wildman–Crippen MR) is 112 cm³/mol. The van der Waals surface area contributed by atoms with E-state index in [2.05, 4.69) is 22.1 Å². The molecule has 2 aromatic carbocycles. The second kappa shape index (κ2) is 10.4. The third kappa shape index (κ3) is 6.37. The Morgan fingerprint density at radius 2 is 1.88 bits per heavy atom. The van der Waals surface area contributed by atoms with Crippen molar-refractivity contribution in [1.29, 1.82) is 0 Å². The molecule has 32 heavy (non-hydrogen) atoms. The Morgan fingerprint density at radius 1 is 1.12 bits per heavy atom. The zero-order valence-corrected chi connectivity index (χ0v) is 17.5. The van der Waals surface area contributed by atoms with E-state index in [1.807, 2.05) is 0 Å². The number of carbonyl (C=O) groups is 1. The van der Waals surface area contributed by atoms with E-state index in [0.717, 1.165) is 17.7 Å². The van der Waals surface area contributed by atoms with Gasteiger partial charge in [0.25, 0.3) is 0 Å². The minimum Gasteiger partial charge on any atom is -0.496 e. The lowest BCUT2D eigenvalue weighted by atomic mass is 10.1. The summed E-state index contributed by atoms with van der Waals surface area (Å²) in [6.07, 6.45) is -4.42. The van der Waals surface area contributed by atoms with Gasteiger partial charge in [-0.3, -0.25) is 4.90 Å². The van der Waals surface area contributed by atoms with E-state index >= 15 is 0 Å². The van der Waals surface area contributed by atoms with Crippen molar-refractivity contribution in [2.45, 2.75) is 12.7 Å². The standard InChI is InChI=1S/C23H23F4N3O2/c1-32-21-8-7-20(24)15-18(21)16-29-10-12-30(13-11-29)22(31)28-9-3-5-17-4-2-6-19(14-17)23(25,26)27/h2,4,6-8,14-15H,9-13,16H2,1H3,(H,28,31). The van der Waals surface area contributed by atoms with Crippen LogP contribution >= 0.6 is 0 Å². The number of amides is 2. The molecule has 0 unspecified atom stereocenters. The monoisotopic (exact) mass is 449 g/mol. The molecule has 0 spiro atoms. The van der Waals surface area contributed by atoms with Crippen LogP contribution in [0.2, 0.25) is 0 Å². The topological polar surface area (TPSA) is 44.8 Å². The first kappa shape index (κ1) is 23.4. The summed E-state index contributed by atoms with van der Waals surface area (Å²) in [4.78, 5) is 16.1. The van der Waals surface area contributed by atoms with Gasteiger partial charge in [0.2, 0.25) is 0 Å². The minimum absolute atomic E-state index is 0.0236. The van der Waals surface area contributed by atoms with Gasteiger partial charge in [-0.05, 0) is 36.4 Å². The molecule has 0 atom stereocenters. The van der Waals surface area contributed by atoms with Crippen molar-refractivity contribution >= 4 is 6.03 Å². The summed E-state index contributed by atoms with van der Waals surface area (Å²) in [7, 11) is 1.54. The van der Waals surface area contributed by atoms with E-state index < -0.39 is 11.7 Å². The van der Waals surface area contributed by atoms with E-state index in [1.165, 1.54) is 31.4 Å². The average molecular weight is 449 g/mol. The smallest absolute Gasteiger partial charge is 0.416 e. The van der Waals surface area contributed by atoms with E-state index in [4.69, 9.17) is 4.74 Å². The first-order valence-electron chi connectivity index (χ1n) is 10.00. The Labute approximate surface area is 184 Å². The quantitative estimate of drug-likeness (QED) is 0.572. The molecule has 2 aromatic rings. The number of benzene rings is 2. The van der Waals surface area contributed by atoms with Gasteiger partial charge in [0.15, 0.2) is 0 Å². The van der Waals surface area contributed by atoms with Crippen LogP contribution in [0, 0.1) is 17.7 Å². The lowest BCUT2D eigenvalue weighted by Crippen LogP contribution is -2.51. The van der Waals surface area contributed by atoms with Crippen LogP contribution in [0.25, 0.3) is 0 Å². The number of carbonyl (C=O) groups excluding carboxylic acids is 1. The summed E-state index contributed by atoms with van der Waals surface area (Å²) in [6.45, 7) is 2.75. The second-order valence-electron chi connectivity index (χ2n) is 7.26. The Morgan fingerprint density at radius 3 is 2.56 bits per heavy atom. The van der Waals surface area contributed by atoms with Gasteiger partial charge in [-0.1, -0.05) is 17.9 Å². The molecule has 0 bridgehead atoms. The van der Waals surface area contributed by atoms with Crippen molar-refractivity contribution in [3.8, 4) is 17.6 Å². The van der Waals surface area contributed by atoms with Gasteiger partial charge in [-0.25, -0.2) is 9.18 Å². The number of nitrogens with one attached hydrogen (secondary N) is 1. The van der Waals surface area contributed by atoms with Crippen LogP contribution in [-0.4, -0.2) is 55.7 Å². The molecule has 5 nitrogen and oxygen atoms in total. The molecule has 1 fully saturated rings. The van der Waals surface area contributed by atoms with Gasteiger partial charge < -0.3 is 15.0 Å². The van der Waals surface area contributed by atoms with Crippen molar-refractivity contribution in [1.82, 2.24) is 15.1 Å². The number of hydrogen-bond acceptors (Lipinski definition) is 3. The van der Waals surface area contributed by atoms with Crippen LogP contribution in [0.5, 0.6) is 5.75 Å². The van der Waals surface area contributed by atoms with E-state index in [0.29, 0.717) is 38.5 Å². The van der Waals surface area contributed by atoms with Crippen LogP contribution in [0.4, 0.5) is 22.4 Å². The summed E-state index contributed by atoms with van der Waals surface area (Å²) in [5.74, 6) is 5.59. The largest absolute Gasteiger partial charge is 0.496 e. The van der Waals surface area contributed by atoms with Gasteiger partial charge in [-0.2, -0.15) is 13.2 Å². The van der Waals surface area contributed by atoms with Crippen molar-refractivity contribution in [2.24, 2.45) is 0 Å². The third-order valence-electron chi connectivity index (χ3n) is 5.05. The molecule has 2 amide bonds. The van der Waals surface area contributed by atoms with E-state index in [9.17, 15) is 22.4 Å². The molecule has 0 aromatic heterocycles. The van der Waals surface area contributed by atoms with Crippen LogP contribution < -0.4 is 10.1 Å². The van der Waals surface area contributed by atoms with Gasteiger partial charge in [-0.15, -0.1) is 0 Å². The van der Waals surface area contributed by atoms with Crippen molar-refractivity contribution in [2.75, 3.05) is 39.8 Å². The summed E-state index contributed by atoms with van der Waals surface area (Å²) >= 11 is 0. The summed E-state index contributed by atoms with van der Waals surface area (Å²) < 4.78 is 57.0. The number of halogens is 4. The maximum absolute atomic E-state index is 13.5. The predicted octanol–water partition coefficient (Wildman–Crippen LogP) is 3.73. The highest BCUT2D eigenvalue weighted by atomic mass is 19.4. The number of urea groups is 1. The minimum atomic E-state index is -4.42. The number of methoxy groups -OCH3 is 1. The molecule has 170 valence electrons. The number of alkyl halides is 3. The fourth-order valence-electron chi connectivity index (χ4n) is 3.37. The molecule has 1 N–H and O–H groups in total. The molecule has 0 radical (unpaired) electrons. The molecule has 0 saturated carbocycles. The number of hydrogen-bond donors (Lipinski definition) is 1. The van der Waals surface area contributed by atoms with Gasteiger partial charge in [0, 0.05) is 43.9 Å². The Kier molecular flexibility index (Phi) is 7.59. The van der Waals surface area contributed by atoms with Crippen LogP contribution in [-0.2, 0) is 12.7 Å². The lowest BCUT2D eigenvalue weighted by molar-refractivity contribution is -0.137. The first-order chi connectivity index (χ1) is 15.3. The van der Waals surface area contributed by atoms with Crippen molar-refractivity contribution in [3.63, 3.8) is 0 Å². The van der Waals surface area contributed by atoms with Gasteiger partial charge >= 0.3 is 12.2 Å². The normalized spacial score (nSPS) is 14.5. The third-order valence-corrected chi connectivity index (χ3v) is 5.05. The Hall–Kier alpha value is -3.25. The Balaban J connectivity index is 1.46. The molecule has 1 saturated heterocycles. The molecule has 9 heteroatoms. The molecular formula is C23H23F4N3O2. The second-order valence-corrected chi connectivity index (χ2v) is 7.26. The number of ether oxygens (including phenoxy) is 1. The van der Waals surface area contributed by atoms with Gasteiger partial charge in [0.05, 0.1) is 19.2 Å². The SMILES string of the molecule is COc1ccc(F)cc1CN1CCN(C(=O)NCC#Cc2cccc(C(F)(F)F)c2)CC1. The zero-order chi connectivity index (χ0) is 23.1. The maximum Gasteiger partial charge on any atom is 0.416 e. The number of nitrogens with zero attached hydrogens (tertiary/aromatic N) is 2. The summed E-state index contributed by atoms with van der Waals surface area (Å²) in [5.41, 5.74) is 0.216. The maximum atomic E-state index is 13.5. The van der Waals surface area contributed by atoms with Crippen LogP contribution in [0.15, 0.2) is 42.5 Å². The summed E-state index contributed by atoms with van der Waals surface area (Å²) in [6, 6.07) is 8.84. The van der Waals surface area contributed by atoms with Crippen molar-refractivity contribution in [3.05, 3.63) is 65.0 Å². The highest BCUT2D eigenvalue weighted by Crippen LogP contribution is 2.29. The van der Waals surface area contributed by atoms with Crippen LogP contribution in [0.3, 0.4) is 0 Å². The first-order valence-corrected chi connectivity index (χ1v) is 10.00. The molecular weight excluding hydrogens is 426 g/mol. The molecule has 0 aliphatic carbocycles. The van der Waals surface area contributed by atoms with Crippen LogP contribution in [0.1, 0.15) is 16.7 Å². The molecule has 1 aliphatic rings. The highest BCUT2D eigenvalue weighted by molar-refractivity contribution is 5.74. The lowest BCUT2D eigenvalue weighted by Gasteiger charge is -2.34. The number of piperazine rings is 1. The molecule has 1 heterocycles. The Bertz CT molecular complexity index is 1010. The van der Waals surface area contributed by atoms with Gasteiger partial charge in [0.1, 0.15) is 11.6 Å². The highest BCUT2D eigenvalue weighted by Gasteiger charge is 2.30. The molecule has 1 aliphatic heterocycles. The van der Waals surface area contributed by atoms with E-state index in [-0.39, 0.29) is 24.0 Å². The fraction of sp³-hybridized carbons (Fsp3) is 0.348.